The molecule has 0 amide bonds. The number of sulfonamides is 1. The summed E-state index contributed by atoms with van der Waals surface area (Å²) in [5, 5.41) is 0.610. The molecule has 0 saturated carbocycles. The molecule has 4 rings (SSSR count). The van der Waals surface area contributed by atoms with Crippen LogP contribution in [0.4, 0.5) is 5.69 Å². The predicted molar refractivity (Wildman–Crippen MR) is 145 cm³/mol. The molecule has 0 N–H and O–H groups in total. The highest BCUT2D eigenvalue weighted by Crippen LogP contribution is 2.29. The van der Waals surface area contributed by atoms with Crippen LogP contribution in [0.5, 0.6) is 0 Å². The molecule has 0 aliphatic carbocycles. The molecule has 7 heteroatoms. The molecule has 0 saturated heterocycles. The number of nitrogens with zero attached hydrogens (tertiary/aromatic N) is 1. The van der Waals surface area contributed by atoms with Crippen molar-refractivity contribution in [3.63, 3.8) is 0 Å². The standard InChI is InChI=1S/C28H27NO4SSi/c1-20-10-13-24(14-11-20)34(31,32)29(16-17-35(3,4)5)23-12-15-27-22(18-23)19-26(28(30)33-27)25-9-7-6-8-21(25)2/h6-15,18-19H,1-5H3. The van der Waals surface area contributed by atoms with Crippen molar-refractivity contribution in [1.82, 2.24) is 0 Å². The third kappa shape index (κ3) is 5.24. The van der Waals surface area contributed by atoms with Crippen molar-refractivity contribution in [3.8, 4) is 22.7 Å². The summed E-state index contributed by atoms with van der Waals surface area (Å²) < 4.78 is 34.0. The number of hydrogen-bond donors (Lipinski definition) is 0. The zero-order valence-corrected chi connectivity index (χ0v) is 22.2. The minimum atomic E-state index is -3.95. The van der Waals surface area contributed by atoms with E-state index in [2.05, 4.69) is 31.2 Å². The highest BCUT2D eigenvalue weighted by atomic mass is 32.2. The summed E-state index contributed by atoms with van der Waals surface area (Å²) in [4.78, 5) is 12.9. The van der Waals surface area contributed by atoms with E-state index < -0.39 is 23.7 Å². The van der Waals surface area contributed by atoms with E-state index in [0.29, 0.717) is 22.2 Å². The fraction of sp³-hybridized carbons (Fsp3) is 0.179. The Kier molecular flexibility index (Phi) is 6.45. The third-order valence-corrected chi connectivity index (χ3v) is 7.99. The predicted octanol–water partition coefficient (Wildman–Crippen LogP) is 6.11. The van der Waals surface area contributed by atoms with E-state index in [-0.39, 0.29) is 4.90 Å². The number of anilines is 1. The Morgan fingerprint density at radius 3 is 2.20 bits per heavy atom. The first kappa shape index (κ1) is 24.5. The van der Waals surface area contributed by atoms with Crippen LogP contribution in [0.25, 0.3) is 22.1 Å². The van der Waals surface area contributed by atoms with Gasteiger partial charge in [-0.25, -0.2) is 13.2 Å². The summed E-state index contributed by atoms with van der Waals surface area (Å²) in [6.07, 6.45) is 0. The molecule has 0 bridgehead atoms. The van der Waals surface area contributed by atoms with Gasteiger partial charge in [0, 0.05) is 11.4 Å². The molecule has 3 aromatic carbocycles. The van der Waals surface area contributed by atoms with Gasteiger partial charge >= 0.3 is 5.63 Å². The largest absolute Gasteiger partial charge is 0.422 e. The first-order valence-electron chi connectivity index (χ1n) is 11.2. The lowest BCUT2D eigenvalue weighted by atomic mass is 10.0. The summed E-state index contributed by atoms with van der Waals surface area (Å²) >= 11 is 0. The van der Waals surface area contributed by atoms with Gasteiger partial charge in [0.2, 0.25) is 0 Å². The highest BCUT2D eigenvalue weighted by Gasteiger charge is 2.25. The average molecular weight is 502 g/mol. The fourth-order valence-corrected chi connectivity index (χ4v) is 5.37. The van der Waals surface area contributed by atoms with Crippen LogP contribution in [0.3, 0.4) is 0 Å². The van der Waals surface area contributed by atoms with Crippen molar-refractivity contribution in [2.75, 3.05) is 4.31 Å². The molecule has 1 aromatic heterocycles. The Hall–Kier alpha value is -3.60. The first-order chi connectivity index (χ1) is 16.5. The maximum atomic E-state index is 13.6. The molecular weight excluding hydrogens is 474 g/mol. The van der Waals surface area contributed by atoms with Crippen LogP contribution in [0, 0.1) is 25.4 Å². The smallest absolute Gasteiger partial charge is 0.344 e. The number of fused-ring (bicyclic) bond motifs is 1. The van der Waals surface area contributed by atoms with Crippen molar-refractivity contribution in [3.05, 3.63) is 94.3 Å². The van der Waals surface area contributed by atoms with Crippen LogP contribution in [0.15, 0.2) is 86.9 Å². The molecule has 4 aromatic rings. The summed E-state index contributed by atoms with van der Waals surface area (Å²) in [6, 6.07) is 23.9. The molecule has 0 fully saturated rings. The van der Waals surface area contributed by atoms with Crippen molar-refractivity contribution < 1.29 is 12.8 Å². The normalized spacial score (nSPS) is 11.7. The van der Waals surface area contributed by atoms with E-state index >= 15 is 0 Å². The van der Waals surface area contributed by atoms with E-state index in [9.17, 15) is 13.2 Å². The molecule has 0 unspecified atom stereocenters. The molecule has 0 spiro atoms. The fourth-order valence-electron chi connectivity index (χ4n) is 3.60. The molecule has 1 heterocycles. The molecular formula is C28H27NO4SSi. The zero-order chi connectivity index (χ0) is 25.4. The maximum absolute atomic E-state index is 13.6. The monoisotopic (exact) mass is 501 g/mol. The lowest BCUT2D eigenvalue weighted by Gasteiger charge is -2.19. The van der Waals surface area contributed by atoms with Crippen molar-refractivity contribution in [1.29, 1.82) is 0 Å². The lowest BCUT2D eigenvalue weighted by molar-refractivity contribution is 0.563. The van der Waals surface area contributed by atoms with Gasteiger partial charge in [-0.1, -0.05) is 61.6 Å². The molecule has 35 heavy (non-hydrogen) atoms. The molecule has 178 valence electrons. The van der Waals surface area contributed by atoms with Crippen molar-refractivity contribution in [2.24, 2.45) is 0 Å². The number of hydrogen-bond acceptors (Lipinski definition) is 4. The second-order valence-electron chi connectivity index (χ2n) is 9.55. The van der Waals surface area contributed by atoms with Crippen LogP contribution in [0.2, 0.25) is 19.6 Å². The third-order valence-electron chi connectivity index (χ3n) is 5.48. The van der Waals surface area contributed by atoms with Gasteiger partial charge in [0.1, 0.15) is 13.7 Å². The minimum Gasteiger partial charge on any atom is -0.422 e. The van der Waals surface area contributed by atoms with E-state index in [0.717, 1.165) is 21.0 Å². The van der Waals surface area contributed by atoms with Gasteiger partial charge in [0.15, 0.2) is 0 Å². The minimum absolute atomic E-state index is 0.160. The maximum Gasteiger partial charge on any atom is 0.344 e. The van der Waals surface area contributed by atoms with Crippen LogP contribution in [-0.4, -0.2) is 16.5 Å². The molecule has 0 atom stereocenters. The van der Waals surface area contributed by atoms with Gasteiger partial charge in [0.25, 0.3) is 10.0 Å². The summed E-state index contributed by atoms with van der Waals surface area (Å²) in [6.45, 7) is 10.0. The Morgan fingerprint density at radius 2 is 1.54 bits per heavy atom. The average Bonchev–Trinajstić information content (AvgIpc) is 2.79. The summed E-state index contributed by atoms with van der Waals surface area (Å²) in [5.74, 6) is 0. The Bertz CT molecular complexity index is 1640. The number of aryl methyl sites for hydroxylation is 2. The Morgan fingerprint density at radius 1 is 0.857 bits per heavy atom. The highest BCUT2D eigenvalue weighted by molar-refractivity contribution is 7.93. The summed E-state index contributed by atoms with van der Waals surface area (Å²) in [5.41, 5.74) is 6.60. The van der Waals surface area contributed by atoms with Crippen LogP contribution in [-0.2, 0) is 10.0 Å². The Balaban J connectivity index is 1.91. The van der Waals surface area contributed by atoms with Crippen LogP contribution >= 0.6 is 0 Å². The van der Waals surface area contributed by atoms with Crippen molar-refractivity contribution >= 4 is 34.8 Å². The quantitative estimate of drug-likeness (QED) is 0.146. The second-order valence-corrected chi connectivity index (χ2v) is 16.1. The summed E-state index contributed by atoms with van der Waals surface area (Å²) in [7, 11) is -5.84. The van der Waals surface area contributed by atoms with E-state index in [1.54, 1.807) is 48.5 Å². The second kappa shape index (κ2) is 9.21. The lowest BCUT2D eigenvalue weighted by Crippen LogP contribution is -2.28. The van der Waals surface area contributed by atoms with Gasteiger partial charge in [-0.3, -0.25) is 0 Å². The first-order valence-corrected chi connectivity index (χ1v) is 16.2. The van der Waals surface area contributed by atoms with Crippen LogP contribution in [0.1, 0.15) is 11.1 Å². The molecule has 0 aliphatic rings. The van der Waals surface area contributed by atoms with Crippen LogP contribution < -0.4 is 9.93 Å². The molecule has 5 nitrogen and oxygen atoms in total. The number of benzene rings is 3. The zero-order valence-electron chi connectivity index (χ0n) is 20.4. The number of rotatable bonds is 4. The van der Waals surface area contributed by atoms with Gasteiger partial charge in [-0.2, -0.15) is 4.31 Å². The van der Waals surface area contributed by atoms with E-state index in [1.807, 2.05) is 38.1 Å². The van der Waals surface area contributed by atoms with E-state index in [4.69, 9.17) is 4.42 Å². The molecule has 0 aliphatic heterocycles. The van der Waals surface area contributed by atoms with Gasteiger partial charge in [-0.15, -0.1) is 5.54 Å². The van der Waals surface area contributed by atoms with Gasteiger partial charge in [-0.05, 0) is 61.4 Å². The van der Waals surface area contributed by atoms with Gasteiger partial charge < -0.3 is 4.42 Å². The van der Waals surface area contributed by atoms with E-state index in [1.165, 1.54) is 0 Å². The van der Waals surface area contributed by atoms with Gasteiger partial charge in [0.05, 0.1) is 16.1 Å². The molecule has 0 radical (unpaired) electrons. The van der Waals surface area contributed by atoms with Crippen molar-refractivity contribution in [2.45, 2.75) is 38.4 Å². The SMILES string of the molecule is Cc1ccc(S(=O)(=O)N(C#C[Si](C)(C)C)c2ccc3oc(=O)c(-c4ccccc4C)cc3c2)cc1. The topological polar surface area (TPSA) is 67.6 Å². The Labute approximate surface area is 207 Å².